The number of hydrogen-bond acceptors (Lipinski definition) is 0. The van der Waals surface area contributed by atoms with Crippen LogP contribution in [0.3, 0.4) is 0 Å². The van der Waals surface area contributed by atoms with E-state index in [9.17, 15) is 0 Å². The van der Waals surface area contributed by atoms with Crippen LogP contribution in [0.1, 0.15) is 0 Å². The van der Waals surface area contributed by atoms with Crippen LogP contribution in [-0.2, 0) is 0 Å². The summed E-state index contributed by atoms with van der Waals surface area (Å²) in [7, 11) is -1.90. The minimum absolute atomic E-state index is 0.367. The van der Waals surface area contributed by atoms with Crippen molar-refractivity contribution >= 4 is 31.3 Å². The first-order valence-electron chi connectivity index (χ1n) is 5.03. The van der Waals surface area contributed by atoms with Crippen molar-refractivity contribution in [3.05, 3.63) is 48.6 Å². The van der Waals surface area contributed by atoms with Gasteiger partial charge in [-0.1, -0.05) is 61.7 Å². The van der Waals surface area contributed by atoms with Crippen molar-refractivity contribution in [1.29, 1.82) is 0 Å². The predicted octanol–water partition coefficient (Wildman–Crippen LogP) is 3.98. The highest BCUT2D eigenvalue weighted by molar-refractivity contribution is 6.96. The molecular weight excluding hydrogens is 243 g/mol. The maximum atomic E-state index is 6.67. The summed E-state index contributed by atoms with van der Waals surface area (Å²) >= 11 is 13.3. The Balaban J connectivity index is 2.43. The average molecular weight is 257 g/mol. The summed E-state index contributed by atoms with van der Waals surface area (Å²) in [4.78, 5) is 0. The predicted molar refractivity (Wildman–Crippen MR) is 71.2 cm³/mol. The summed E-state index contributed by atoms with van der Waals surface area (Å²) in [5.41, 5.74) is 0. The zero-order chi connectivity index (χ0) is 11.2. The van der Waals surface area contributed by atoms with E-state index in [0.717, 1.165) is 0 Å². The van der Waals surface area contributed by atoms with Gasteiger partial charge in [-0.3, -0.25) is 0 Å². The lowest BCUT2D eigenvalue weighted by Crippen LogP contribution is -2.60. The first kappa shape index (κ1) is 11.2. The SMILES string of the molecule is C[Si](C)(C1(Cl)C=CC=C1)C1(Cl)C=CC=C1. The fraction of sp³-hybridized carbons (Fsp3) is 0.333. The number of hydrogen-bond donors (Lipinski definition) is 0. The van der Waals surface area contributed by atoms with Crippen molar-refractivity contribution in [2.24, 2.45) is 0 Å². The van der Waals surface area contributed by atoms with Gasteiger partial charge in [0.15, 0.2) is 0 Å². The first-order valence-corrected chi connectivity index (χ1v) is 8.79. The third-order valence-electron chi connectivity index (χ3n) is 3.49. The Morgan fingerprint density at radius 3 is 1.27 bits per heavy atom. The van der Waals surface area contributed by atoms with Crippen LogP contribution in [0.5, 0.6) is 0 Å². The van der Waals surface area contributed by atoms with Crippen LogP contribution in [0, 0.1) is 0 Å². The highest BCUT2D eigenvalue weighted by Crippen LogP contribution is 2.46. The lowest BCUT2D eigenvalue weighted by atomic mass is 10.4. The van der Waals surface area contributed by atoms with Crippen molar-refractivity contribution in [3.63, 3.8) is 0 Å². The van der Waals surface area contributed by atoms with Crippen molar-refractivity contribution in [2.45, 2.75) is 22.1 Å². The summed E-state index contributed by atoms with van der Waals surface area (Å²) in [6, 6.07) is 0. The molecule has 0 amide bonds. The quantitative estimate of drug-likeness (QED) is 0.518. The van der Waals surface area contributed by atoms with E-state index in [2.05, 4.69) is 37.4 Å². The van der Waals surface area contributed by atoms with Crippen molar-refractivity contribution in [3.8, 4) is 0 Å². The monoisotopic (exact) mass is 256 g/mol. The molecule has 0 bridgehead atoms. The smallest absolute Gasteiger partial charge is 0.114 e. The van der Waals surface area contributed by atoms with Gasteiger partial charge in [0, 0.05) is 0 Å². The Labute approximate surface area is 102 Å². The van der Waals surface area contributed by atoms with Gasteiger partial charge in [-0.05, 0) is 0 Å². The molecule has 3 heteroatoms. The largest absolute Gasteiger partial charge is 0.114 e. The molecule has 0 atom stereocenters. The molecular formula is C12H14Cl2Si. The van der Waals surface area contributed by atoms with Gasteiger partial charge in [-0.15, -0.1) is 23.2 Å². The molecule has 0 aromatic rings. The van der Waals surface area contributed by atoms with E-state index in [0.29, 0.717) is 0 Å². The van der Waals surface area contributed by atoms with Gasteiger partial charge in [-0.25, -0.2) is 0 Å². The molecule has 0 spiro atoms. The van der Waals surface area contributed by atoms with Gasteiger partial charge < -0.3 is 0 Å². The zero-order valence-corrected chi connectivity index (χ0v) is 11.4. The molecule has 0 aromatic carbocycles. The molecule has 0 fully saturated rings. The maximum Gasteiger partial charge on any atom is 0.114 e. The summed E-state index contributed by atoms with van der Waals surface area (Å²) < 4.78 is -0.735. The van der Waals surface area contributed by atoms with Crippen LogP contribution >= 0.6 is 23.2 Å². The van der Waals surface area contributed by atoms with Gasteiger partial charge in [0.2, 0.25) is 0 Å². The standard InChI is InChI=1S/C12H14Cl2Si/c1-15(2,11(13)7-3-4-8-11)12(14)9-5-6-10-12/h3-10H,1-2H3. The van der Waals surface area contributed by atoms with Crippen molar-refractivity contribution < 1.29 is 0 Å². The number of alkyl halides is 2. The molecule has 2 aliphatic carbocycles. The minimum atomic E-state index is -1.90. The number of allylic oxidation sites excluding steroid dienone is 8. The van der Waals surface area contributed by atoms with Crippen LogP contribution in [0.4, 0.5) is 0 Å². The highest BCUT2D eigenvalue weighted by atomic mass is 35.5. The first-order chi connectivity index (χ1) is 6.91. The Morgan fingerprint density at radius 2 is 1.00 bits per heavy atom. The van der Waals surface area contributed by atoms with Gasteiger partial charge in [0.1, 0.15) is 8.07 Å². The molecule has 0 heterocycles. The fourth-order valence-corrected chi connectivity index (χ4v) is 6.03. The van der Waals surface area contributed by atoms with E-state index in [4.69, 9.17) is 23.2 Å². The Morgan fingerprint density at radius 1 is 0.733 bits per heavy atom. The minimum Gasteiger partial charge on any atom is -0.114 e. The normalized spacial score (nSPS) is 25.3. The molecule has 2 rings (SSSR count). The molecule has 80 valence electrons. The second kappa shape index (κ2) is 3.37. The Hall–Kier alpha value is -0.243. The fourth-order valence-electron chi connectivity index (χ4n) is 2.02. The number of rotatable bonds is 2. The van der Waals surface area contributed by atoms with E-state index < -0.39 is 8.07 Å². The second-order valence-corrected chi connectivity index (χ2v) is 11.4. The van der Waals surface area contributed by atoms with Gasteiger partial charge in [0.05, 0.1) is 8.99 Å². The second-order valence-electron chi connectivity index (χ2n) is 4.60. The lowest BCUT2D eigenvalue weighted by Gasteiger charge is -2.43. The molecule has 0 saturated heterocycles. The zero-order valence-electron chi connectivity index (χ0n) is 8.87. The lowest BCUT2D eigenvalue weighted by molar-refractivity contribution is 1.07. The van der Waals surface area contributed by atoms with E-state index in [-0.39, 0.29) is 8.99 Å². The summed E-state index contributed by atoms with van der Waals surface area (Å²) in [6.07, 6.45) is 16.3. The highest BCUT2D eigenvalue weighted by Gasteiger charge is 2.54. The van der Waals surface area contributed by atoms with Crippen LogP contribution in [0.25, 0.3) is 0 Å². The molecule has 0 aliphatic heterocycles. The van der Waals surface area contributed by atoms with Gasteiger partial charge >= 0.3 is 0 Å². The summed E-state index contributed by atoms with van der Waals surface area (Å²) in [5, 5.41) is 0. The van der Waals surface area contributed by atoms with Crippen molar-refractivity contribution in [2.75, 3.05) is 0 Å². The topological polar surface area (TPSA) is 0 Å². The molecule has 0 aromatic heterocycles. The summed E-state index contributed by atoms with van der Waals surface area (Å²) in [5.74, 6) is 0. The van der Waals surface area contributed by atoms with Crippen LogP contribution in [-0.4, -0.2) is 17.1 Å². The van der Waals surface area contributed by atoms with Crippen LogP contribution in [0.2, 0.25) is 13.1 Å². The number of halogens is 2. The van der Waals surface area contributed by atoms with E-state index in [1.54, 1.807) is 0 Å². The Kier molecular flexibility index (Phi) is 2.53. The van der Waals surface area contributed by atoms with Gasteiger partial charge in [0.25, 0.3) is 0 Å². The van der Waals surface area contributed by atoms with Crippen LogP contribution < -0.4 is 0 Å². The van der Waals surface area contributed by atoms with E-state index in [1.807, 2.05) is 24.3 Å². The van der Waals surface area contributed by atoms with E-state index >= 15 is 0 Å². The third-order valence-corrected chi connectivity index (χ3v) is 11.3. The maximum absolute atomic E-state index is 6.67. The summed E-state index contributed by atoms with van der Waals surface area (Å²) in [6.45, 7) is 4.46. The van der Waals surface area contributed by atoms with Crippen molar-refractivity contribution in [1.82, 2.24) is 0 Å². The average Bonchev–Trinajstić information content (AvgIpc) is 2.76. The molecule has 0 nitrogen and oxygen atoms in total. The molecule has 0 radical (unpaired) electrons. The van der Waals surface area contributed by atoms with E-state index in [1.165, 1.54) is 0 Å². The molecule has 2 aliphatic rings. The van der Waals surface area contributed by atoms with Gasteiger partial charge in [-0.2, -0.15) is 0 Å². The molecule has 0 unspecified atom stereocenters. The molecule has 0 saturated carbocycles. The van der Waals surface area contributed by atoms with Crippen LogP contribution in [0.15, 0.2) is 48.6 Å². The Bertz CT molecular complexity index is 328. The molecule has 15 heavy (non-hydrogen) atoms. The third kappa shape index (κ3) is 1.49. The molecule has 0 N–H and O–H groups in total.